The van der Waals surface area contributed by atoms with Crippen LogP contribution < -0.4 is 14.7 Å². The van der Waals surface area contributed by atoms with Gasteiger partial charge in [-0.1, -0.05) is 0 Å². The van der Waals surface area contributed by atoms with E-state index in [1.54, 1.807) is 0 Å². The predicted molar refractivity (Wildman–Crippen MR) is 13.4 cm³/mol. The van der Waals surface area contributed by atoms with Crippen LogP contribution in [-0.4, -0.2) is 45.5 Å². The monoisotopic (exact) mass is 336 g/mol. The van der Waals surface area contributed by atoms with Crippen molar-refractivity contribution in [2.24, 2.45) is 0 Å². The van der Waals surface area contributed by atoms with E-state index in [1.807, 2.05) is 0 Å². The van der Waals surface area contributed by atoms with Crippen molar-refractivity contribution in [3.8, 4) is 0 Å². The van der Waals surface area contributed by atoms with E-state index in [4.69, 9.17) is 19.2 Å². The Balaban J connectivity index is -0.0000000800. The summed E-state index contributed by atoms with van der Waals surface area (Å²) in [5.74, 6) is 0. The molecule has 36 valence electrons. The number of rotatable bonds is 0. The molecule has 0 heterocycles. The molecule has 0 radical (unpaired) electrons. The fourth-order valence-corrected chi connectivity index (χ4v) is 0. The van der Waals surface area contributed by atoms with Gasteiger partial charge in [0.1, 0.15) is 0 Å². The van der Waals surface area contributed by atoms with Crippen LogP contribution in [0.2, 0.25) is 0 Å². The fraction of sp³-hybridized carbons (Fsp3) is 0. The van der Waals surface area contributed by atoms with Crippen LogP contribution in [0.25, 0.3) is 0 Å². The van der Waals surface area contributed by atoms with Gasteiger partial charge in [-0.15, -0.1) is 0 Å². The Morgan fingerprint density at radius 3 is 1.14 bits per heavy atom. The molecule has 7 heavy (non-hydrogen) atoms. The summed E-state index contributed by atoms with van der Waals surface area (Å²) < 4.78 is 8.55. The van der Waals surface area contributed by atoms with Crippen LogP contribution in [0.15, 0.2) is 0 Å². The first kappa shape index (κ1) is 16.6. The van der Waals surface area contributed by atoms with Crippen LogP contribution in [0.5, 0.6) is 0 Å². The van der Waals surface area contributed by atoms with E-state index in [0.29, 0.717) is 0 Å². The van der Waals surface area contributed by atoms with Crippen molar-refractivity contribution in [1.29, 1.82) is 0 Å². The zero-order valence-electron chi connectivity index (χ0n) is 3.17. The second-order valence-electron chi connectivity index (χ2n) is 0.447. The summed E-state index contributed by atoms with van der Waals surface area (Å²) in [7, 11) is -5.39. The van der Waals surface area contributed by atoms with Crippen LogP contribution in [0, 0.1) is 49.4 Å². The molecule has 0 unspecified atom stereocenters. The molecular weight excluding hydrogens is 335 g/mol. The second-order valence-corrected chi connectivity index (χ2v) is 1.34. The van der Waals surface area contributed by atoms with Gasteiger partial charge in [-0.25, -0.2) is 0 Å². The van der Waals surface area contributed by atoms with Gasteiger partial charge < -0.3 is 19.2 Å². The third-order valence-corrected chi connectivity index (χ3v) is 0. The van der Waals surface area contributed by atoms with E-state index < -0.39 is 7.82 Å². The van der Waals surface area contributed by atoms with Crippen molar-refractivity contribution in [3.05, 3.63) is 0 Å². The Morgan fingerprint density at radius 1 is 1.14 bits per heavy atom. The van der Waals surface area contributed by atoms with Crippen LogP contribution >= 0.6 is 7.82 Å². The van der Waals surface area contributed by atoms with E-state index >= 15 is 0 Å². The molecule has 0 amide bonds. The minimum atomic E-state index is -5.39. The summed E-state index contributed by atoms with van der Waals surface area (Å²) in [4.78, 5) is 25.6. The zero-order chi connectivity index (χ0) is 4.50. The molecule has 0 aliphatic carbocycles. The summed E-state index contributed by atoms with van der Waals surface area (Å²) in [6.07, 6.45) is 0. The van der Waals surface area contributed by atoms with E-state index in [0.717, 1.165) is 0 Å². The van der Waals surface area contributed by atoms with Crippen LogP contribution in [0.3, 0.4) is 0 Å². The Bertz CT molecular complexity index is 57.8. The Hall–Kier alpha value is 3.17. The molecule has 0 N–H and O–H groups in total. The van der Waals surface area contributed by atoms with Gasteiger partial charge >= 0.3 is 94.9 Å². The molecule has 0 aliphatic heterocycles. The molecule has 0 rings (SSSR count). The molecule has 0 aromatic rings. The van der Waals surface area contributed by atoms with E-state index in [9.17, 15) is 0 Å². The summed E-state index contributed by atoms with van der Waals surface area (Å²) >= 11 is 0. The van der Waals surface area contributed by atoms with Gasteiger partial charge in [-0.05, 0) is 0 Å². The first-order valence-corrected chi connectivity index (χ1v) is 2.19. The molecule has 0 aromatic carbocycles. The maximum atomic E-state index is 8.55. The quantitative estimate of drug-likeness (QED) is 0.345. The first-order chi connectivity index (χ1) is 2.00. The van der Waals surface area contributed by atoms with Gasteiger partial charge in [0.15, 0.2) is 0 Å². The van der Waals surface area contributed by atoms with Gasteiger partial charge in [0.25, 0.3) is 0 Å². The molecule has 4 nitrogen and oxygen atoms in total. The molecule has 0 saturated heterocycles. The number of phosphoric acid groups is 1. The van der Waals surface area contributed by atoms with Crippen LogP contribution in [0.1, 0.15) is 0 Å². The first-order valence-electron chi connectivity index (χ1n) is 0.730. The maximum absolute atomic E-state index is 8.55. The minimum absolute atomic E-state index is 0. The van der Waals surface area contributed by atoms with Gasteiger partial charge in [0.05, 0.1) is 0 Å². The van der Waals surface area contributed by atoms with Gasteiger partial charge in [-0.3, -0.25) is 0 Å². The van der Waals surface area contributed by atoms with Crippen molar-refractivity contribution >= 4 is 53.3 Å². The molecule has 0 aliphatic rings. The Labute approximate surface area is 119 Å². The summed E-state index contributed by atoms with van der Waals surface area (Å²) in [5.41, 5.74) is 0. The van der Waals surface area contributed by atoms with Crippen molar-refractivity contribution in [2.75, 3.05) is 0 Å². The topological polar surface area (TPSA) is 86.2 Å². The third kappa shape index (κ3) is 46.9. The largest absolute Gasteiger partial charge is 3.00 e. The van der Waals surface area contributed by atoms with Gasteiger partial charge in [0.2, 0.25) is 0 Å². The minimum Gasteiger partial charge on any atom is -0.822 e. The average Bonchev–Trinajstić information content (AvgIpc) is 0.722. The van der Waals surface area contributed by atoms with E-state index in [2.05, 4.69) is 0 Å². The molecule has 0 spiro atoms. The van der Waals surface area contributed by atoms with Gasteiger partial charge in [0, 0.05) is 0 Å². The Morgan fingerprint density at radius 2 is 1.14 bits per heavy atom. The van der Waals surface area contributed by atoms with Crippen molar-refractivity contribution in [3.63, 3.8) is 0 Å². The molecule has 7 heteroatoms. The van der Waals surface area contributed by atoms with Gasteiger partial charge in [-0.2, -0.15) is 7.82 Å². The Kier molecular flexibility index (Phi) is 17.3. The molecule has 0 saturated carbocycles. The number of hydrogen-bond acceptors (Lipinski definition) is 4. The smallest absolute Gasteiger partial charge is 0.822 e. The SMILES string of the molecule is O=P([O-])([O-])[O-].[Eu+3].[Sr+2]. The van der Waals surface area contributed by atoms with Crippen LogP contribution in [-0.2, 0) is 4.57 Å². The summed E-state index contributed by atoms with van der Waals surface area (Å²) in [6, 6.07) is 0. The fourth-order valence-electron chi connectivity index (χ4n) is 0. The normalized spacial score (nSPS) is 8.43. The van der Waals surface area contributed by atoms with E-state index in [-0.39, 0.29) is 94.9 Å². The predicted octanol–water partition coefficient (Wildman–Crippen LogP) is -3.21. The number of hydrogen-bond donors (Lipinski definition) is 0. The summed E-state index contributed by atoms with van der Waals surface area (Å²) in [6.45, 7) is 0. The second kappa shape index (κ2) is 7.28. The summed E-state index contributed by atoms with van der Waals surface area (Å²) in [5, 5.41) is 0. The molecule has 0 bridgehead atoms. The maximum Gasteiger partial charge on any atom is 3.00 e. The third-order valence-electron chi connectivity index (χ3n) is 0. The zero-order valence-corrected chi connectivity index (χ0v) is 9.96. The standard InChI is InChI=1S/Eu.H3O4P.Sr/c;1-5(2,3)4;/h;(H3,1,2,3,4);/q+3;;+2/p-3. The molecular formula is EuO4PSr+2. The van der Waals surface area contributed by atoms with Crippen molar-refractivity contribution in [1.82, 2.24) is 0 Å². The van der Waals surface area contributed by atoms with Crippen molar-refractivity contribution < 1.29 is 68.6 Å². The van der Waals surface area contributed by atoms with Crippen molar-refractivity contribution in [2.45, 2.75) is 0 Å². The molecule has 0 atom stereocenters. The van der Waals surface area contributed by atoms with Crippen LogP contribution in [0.4, 0.5) is 0 Å². The molecule has 0 fully saturated rings. The average molecular weight is 335 g/mol. The molecule has 0 aromatic heterocycles. The van der Waals surface area contributed by atoms with E-state index in [1.165, 1.54) is 0 Å².